The molecule has 0 spiro atoms. The summed E-state index contributed by atoms with van der Waals surface area (Å²) in [5.74, 6) is 6.15. The molecule has 1 heterocycles. The second-order valence-corrected chi connectivity index (χ2v) is 4.70. The van der Waals surface area contributed by atoms with Crippen molar-refractivity contribution in [1.29, 1.82) is 0 Å². The first-order valence-corrected chi connectivity index (χ1v) is 6.57. The molecule has 0 N–H and O–H groups in total. The summed E-state index contributed by atoms with van der Waals surface area (Å²) >= 11 is 0. The lowest BCUT2D eigenvalue weighted by molar-refractivity contribution is 0.258. The van der Waals surface area contributed by atoms with Crippen molar-refractivity contribution in [3.63, 3.8) is 0 Å². The molecule has 1 saturated heterocycles. The van der Waals surface area contributed by atoms with Crippen molar-refractivity contribution in [2.75, 3.05) is 13.1 Å². The Morgan fingerprint density at radius 1 is 1.29 bits per heavy atom. The third kappa shape index (κ3) is 3.61. The van der Waals surface area contributed by atoms with Crippen molar-refractivity contribution in [3.05, 3.63) is 35.9 Å². The Bertz CT molecular complexity index is 385. The van der Waals surface area contributed by atoms with Gasteiger partial charge in [0, 0.05) is 19.0 Å². The number of hydrogen-bond donors (Lipinski definition) is 0. The van der Waals surface area contributed by atoms with Crippen LogP contribution in [0.5, 0.6) is 0 Å². The summed E-state index contributed by atoms with van der Waals surface area (Å²) in [6.07, 6.45) is 4.90. The fourth-order valence-corrected chi connectivity index (χ4v) is 2.63. The molecule has 1 fully saturated rings. The predicted octanol–water partition coefficient (Wildman–Crippen LogP) is 3.11. The highest BCUT2D eigenvalue weighted by Gasteiger charge is 2.23. The molecule has 1 heteroatoms. The standard InChI is InChI=1S/C16H21N/c1-2-3-7-12-17-13-8-11-16(17)14-15-9-5-4-6-10-15/h4-6,9-10,16H,7-8,11-14H2,1H3/t16-/m0/s1. The molecule has 17 heavy (non-hydrogen) atoms. The second-order valence-electron chi connectivity index (χ2n) is 4.70. The summed E-state index contributed by atoms with van der Waals surface area (Å²) in [5, 5.41) is 0. The minimum Gasteiger partial charge on any atom is -0.299 e. The van der Waals surface area contributed by atoms with Crippen molar-refractivity contribution < 1.29 is 0 Å². The van der Waals surface area contributed by atoms with Crippen molar-refractivity contribution in [2.45, 2.75) is 38.6 Å². The lowest BCUT2D eigenvalue weighted by Gasteiger charge is -2.23. The second kappa shape index (κ2) is 6.47. The van der Waals surface area contributed by atoms with E-state index in [9.17, 15) is 0 Å². The number of nitrogens with zero attached hydrogens (tertiary/aromatic N) is 1. The minimum atomic E-state index is 0.732. The van der Waals surface area contributed by atoms with Gasteiger partial charge < -0.3 is 0 Å². The topological polar surface area (TPSA) is 3.24 Å². The number of likely N-dealkylation sites (tertiary alicyclic amines) is 1. The first-order valence-electron chi connectivity index (χ1n) is 6.57. The zero-order valence-electron chi connectivity index (χ0n) is 10.7. The first-order chi connectivity index (χ1) is 8.40. The molecule has 0 aliphatic carbocycles. The van der Waals surface area contributed by atoms with E-state index in [0.29, 0.717) is 0 Å². The van der Waals surface area contributed by atoms with E-state index >= 15 is 0 Å². The van der Waals surface area contributed by atoms with Crippen LogP contribution in [0.2, 0.25) is 0 Å². The van der Waals surface area contributed by atoms with Crippen molar-refractivity contribution in [1.82, 2.24) is 4.90 Å². The monoisotopic (exact) mass is 227 g/mol. The molecule has 0 saturated carbocycles. The van der Waals surface area contributed by atoms with E-state index in [1.165, 1.54) is 31.4 Å². The summed E-state index contributed by atoms with van der Waals surface area (Å²) in [5.41, 5.74) is 1.46. The number of rotatable bonds is 4. The van der Waals surface area contributed by atoms with Gasteiger partial charge in [-0.3, -0.25) is 4.90 Å². The van der Waals surface area contributed by atoms with Crippen LogP contribution >= 0.6 is 0 Å². The van der Waals surface area contributed by atoms with Crippen LogP contribution in [-0.2, 0) is 6.42 Å². The maximum Gasteiger partial charge on any atom is 0.0217 e. The molecular formula is C16H21N. The van der Waals surface area contributed by atoms with Crippen LogP contribution < -0.4 is 0 Å². The highest BCUT2D eigenvalue weighted by atomic mass is 15.2. The summed E-state index contributed by atoms with van der Waals surface area (Å²) in [7, 11) is 0. The van der Waals surface area contributed by atoms with E-state index in [1.807, 2.05) is 6.92 Å². The molecule has 1 aliphatic rings. The fraction of sp³-hybridized carbons (Fsp3) is 0.500. The van der Waals surface area contributed by atoms with Gasteiger partial charge in [-0.05, 0) is 38.3 Å². The Hall–Kier alpha value is -1.26. The van der Waals surface area contributed by atoms with Gasteiger partial charge in [-0.25, -0.2) is 0 Å². The van der Waals surface area contributed by atoms with E-state index < -0.39 is 0 Å². The molecule has 1 aromatic carbocycles. The van der Waals surface area contributed by atoms with E-state index in [1.54, 1.807) is 0 Å². The molecule has 1 aliphatic heterocycles. The highest BCUT2D eigenvalue weighted by molar-refractivity contribution is 5.16. The molecule has 0 unspecified atom stereocenters. The molecule has 90 valence electrons. The van der Waals surface area contributed by atoms with Gasteiger partial charge >= 0.3 is 0 Å². The van der Waals surface area contributed by atoms with Gasteiger partial charge in [-0.1, -0.05) is 30.3 Å². The van der Waals surface area contributed by atoms with E-state index in [2.05, 4.69) is 47.1 Å². The van der Waals surface area contributed by atoms with Crippen molar-refractivity contribution in [3.8, 4) is 11.8 Å². The molecule has 2 rings (SSSR count). The Labute approximate surface area is 105 Å². The summed E-state index contributed by atoms with van der Waals surface area (Å²) < 4.78 is 0. The van der Waals surface area contributed by atoms with Crippen LogP contribution in [0.25, 0.3) is 0 Å². The van der Waals surface area contributed by atoms with Crippen LogP contribution in [0.3, 0.4) is 0 Å². The number of hydrogen-bond acceptors (Lipinski definition) is 1. The third-order valence-electron chi connectivity index (χ3n) is 3.51. The van der Waals surface area contributed by atoms with Gasteiger partial charge in [0.1, 0.15) is 0 Å². The van der Waals surface area contributed by atoms with Crippen molar-refractivity contribution in [2.24, 2.45) is 0 Å². The van der Waals surface area contributed by atoms with E-state index in [-0.39, 0.29) is 0 Å². The van der Waals surface area contributed by atoms with Gasteiger partial charge in [0.25, 0.3) is 0 Å². The molecule has 1 aromatic rings. The van der Waals surface area contributed by atoms with Crippen LogP contribution in [0.1, 0.15) is 31.7 Å². The Morgan fingerprint density at radius 2 is 2.12 bits per heavy atom. The summed E-state index contributed by atoms with van der Waals surface area (Å²) in [6, 6.07) is 11.6. The average Bonchev–Trinajstić information content (AvgIpc) is 2.79. The van der Waals surface area contributed by atoms with Gasteiger partial charge in [0.15, 0.2) is 0 Å². The van der Waals surface area contributed by atoms with Crippen LogP contribution in [0, 0.1) is 11.8 Å². The third-order valence-corrected chi connectivity index (χ3v) is 3.51. The quantitative estimate of drug-likeness (QED) is 0.714. The molecule has 0 aromatic heterocycles. The highest BCUT2D eigenvalue weighted by Crippen LogP contribution is 2.21. The summed E-state index contributed by atoms with van der Waals surface area (Å²) in [4.78, 5) is 2.61. The molecule has 1 nitrogen and oxygen atoms in total. The zero-order chi connectivity index (χ0) is 11.9. The first kappa shape index (κ1) is 12.2. The zero-order valence-corrected chi connectivity index (χ0v) is 10.7. The van der Waals surface area contributed by atoms with E-state index in [0.717, 1.165) is 19.0 Å². The van der Waals surface area contributed by atoms with E-state index in [4.69, 9.17) is 0 Å². The lowest BCUT2D eigenvalue weighted by atomic mass is 10.0. The Morgan fingerprint density at radius 3 is 2.88 bits per heavy atom. The maximum atomic E-state index is 3.17. The largest absolute Gasteiger partial charge is 0.299 e. The fourth-order valence-electron chi connectivity index (χ4n) is 2.63. The average molecular weight is 227 g/mol. The predicted molar refractivity (Wildman–Crippen MR) is 72.8 cm³/mol. The van der Waals surface area contributed by atoms with Gasteiger partial charge in [-0.15, -0.1) is 11.8 Å². The molecular weight excluding hydrogens is 206 g/mol. The smallest absolute Gasteiger partial charge is 0.0217 e. The van der Waals surface area contributed by atoms with Crippen LogP contribution in [0.15, 0.2) is 30.3 Å². The lowest BCUT2D eigenvalue weighted by Crippen LogP contribution is -2.31. The molecule has 0 radical (unpaired) electrons. The van der Waals surface area contributed by atoms with Crippen LogP contribution in [-0.4, -0.2) is 24.0 Å². The van der Waals surface area contributed by atoms with Gasteiger partial charge in [0.05, 0.1) is 0 Å². The van der Waals surface area contributed by atoms with Gasteiger partial charge in [-0.2, -0.15) is 0 Å². The SMILES string of the molecule is CC#CCCN1CCC[C@H]1Cc1ccccc1. The number of benzene rings is 1. The normalized spacial score (nSPS) is 19.9. The maximum absolute atomic E-state index is 3.17. The molecule has 0 bridgehead atoms. The van der Waals surface area contributed by atoms with Crippen LogP contribution in [0.4, 0.5) is 0 Å². The Kier molecular flexibility index (Phi) is 4.64. The van der Waals surface area contributed by atoms with Crippen molar-refractivity contribution >= 4 is 0 Å². The Balaban J connectivity index is 1.88. The minimum absolute atomic E-state index is 0.732. The summed E-state index contributed by atoms with van der Waals surface area (Å²) in [6.45, 7) is 4.31. The van der Waals surface area contributed by atoms with Gasteiger partial charge in [0.2, 0.25) is 0 Å². The molecule has 0 amide bonds. The molecule has 1 atom stereocenters.